The maximum Gasteiger partial charge on any atom is 0.268 e. The van der Waals surface area contributed by atoms with Crippen LogP contribution in [0.1, 0.15) is 0 Å². The SMILES string of the molecule is Nc1cccc(F)c1S(=O)(=O)Nc1ncccc1Br. The van der Waals surface area contributed by atoms with Gasteiger partial charge in [0.05, 0.1) is 10.2 Å². The number of anilines is 2. The predicted octanol–water partition coefficient (Wildman–Crippen LogP) is 2.37. The van der Waals surface area contributed by atoms with E-state index in [4.69, 9.17) is 5.73 Å². The topological polar surface area (TPSA) is 85.1 Å². The standard InChI is InChI=1S/C11H9BrFN3O2S/c12-7-3-2-6-15-11(7)16-19(17,18)10-8(13)4-1-5-9(10)14/h1-6H,14H2,(H,15,16). The van der Waals surface area contributed by atoms with E-state index in [9.17, 15) is 12.8 Å². The van der Waals surface area contributed by atoms with Gasteiger partial charge in [-0.25, -0.2) is 17.8 Å². The Balaban J connectivity index is 2.47. The number of nitrogens with zero attached hydrogens (tertiary/aromatic N) is 1. The molecular formula is C11H9BrFN3O2S. The van der Waals surface area contributed by atoms with Gasteiger partial charge in [0, 0.05) is 6.20 Å². The molecule has 0 bridgehead atoms. The van der Waals surface area contributed by atoms with Crippen LogP contribution >= 0.6 is 15.9 Å². The molecule has 19 heavy (non-hydrogen) atoms. The van der Waals surface area contributed by atoms with E-state index in [0.717, 1.165) is 6.07 Å². The molecule has 0 aliphatic carbocycles. The van der Waals surface area contributed by atoms with Gasteiger partial charge in [-0.2, -0.15) is 0 Å². The number of nitrogens with one attached hydrogen (secondary N) is 1. The lowest BCUT2D eigenvalue weighted by Gasteiger charge is -2.11. The molecule has 1 heterocycles. The Morgan fingerprint density at radius 1 is 1.26 bits per heavy atom. The summed E-state index contributed by atoms with van der Waals surface area (Å²) in [6, 6.07) is 6.90. The number of pyridine rings is 1. The molecular weight excluding hydrogens is 337 g/mol. The van der Waals surface area contributed by atoms with Crippen molar-refractivity contribution < 1.29 is 12.8 Å². The molecule has 0 saturated carbocycles. The lowest BCUT2D eigenvalue weighted by molar-refractivity contribution is 0.571. The first-order valence-corrected chi connectivity index (χ1v) is 7.37. The zero-order chi connectivity index (χ0) is 14.0. The van der Waals surface area contributed by atoms with Crippen molar-refractivity contribution in [3.63, 3.8) is 0 Å². The zero-order valence-corrected chi connectivity index (χ0v) is 11.9. The summed E-state index contributed by atoms with van der Waals surface area (Å²) in [5.74, 6) is -0.857. The van der Waals surface area contributed by atoms with Gasteiger partial charge in [0.25, 0.3) is 10.0 Å². The van der Waals surface area contributed by atoms with Crippen molar-refractivity contribution in [3.05, 3.63) is 46.8 Å². The molecule has 0 aliphatic heterocycles. The molecule has 5 nitrogen and oxygen atoms in total. The van der Waals surface area contributed by atoms with E-state index < -0.39 is 20.7 Å². The lowest BCUT2D eigenvalue weighted by Crippen LogP contribution is -2.17. The number of nitrogens with two attached hydrogens (primary N) is 1. The summed E-state index contributed by atoms with van der Waals surface area (Å²) >= 11 is 3.14. The summed E-state index contributed by atoms with van der Waals surface area (Å²) < 4.78 is 40.4. The van der Waals surface area contributed by atoms with E-state index in [-0.39, 0.29) is 11.5 Å². The van der Waals surface area contributed by atoms with Crippen molar-refractivity contribution >= 4 is 37.5 Å². The van der Waals surface area contributed by atoms with Crippen molar-refractivity contribution in [1.29, 1.82) is 0 Å². The fourth-order valence-corrected chi connectivity index (χ4v) is 3.16. The normalized spacial score (nSPS) is 11.3. The first-order chi connectivity index (χ1) is 8.92. The Morgan fingerprint density at radius 3 is 2.63 bits per heavy atom. The van der Waals surface area contributed by atoms with Gasteiger partial charge < -0.3 is 5.73 Å². The molecule has 1 aromatic carbocycles. The van der Waals surface area contributed by atoms with Crippen LogP contribution in [0, 0.1) is 5.82 Å². The summed E-state index contributed by atoms with van der Waals surface area (Å²) in [5, 5.41) is 0. The largest absolute Gasteiger partial charge is 0.398 e. The third-order valence-electron chi connectivity index (χ3n) is 2.26. The molecule has 1 aromatic heterocycles. The molecule has 0 unspecified atom stereocenters. The second-order valence-electron chi connectivity index (χ2n) is 3.60. The minimum atomic E-state index is -4.14. The van der Waals surface area contributed by atoms with Crippen LogP contribution in [0.25, 0.3) is 0 Å². The number of rotatable bonds is 3. The van der Waals surface area contributed by atoms with Gasteiger partial charge in [0.2, 0.25) is 0 Å². The molecule has 2 rings (SSSR count). The quantitative estimate of drug-likeness (QED) is 0.836. The predicted molar refractivity (Wildman–Crippen MR) is 73.6 cm³/mol. The summed E-state index contributed by atoms with van der Waals surface area (Å²) in [5.41, 5.74) is 5.34. The van der Waals surface area contributed by atoms with Crippen LogP contribution < -0.4 is 10.5 Å². The van der Waals surface area contributed by atoms with Gasteiger partial charge in [-0.1, -0.05) is 6.07 Å². The molecule has 8 heteroatoms. The van der Waals surface area contributed by atoms with Crippen LogP contribution in [-0.2, 0) is 10.0 Å². The third kappa shape index (κ3) is 2.85. The summed E-state index contributed by atoms with van der Waals surface area (Å²) in [4.78, 5) is 3.26. The molecule has 0 spiro atoms. The van der Waals surface area contributed by atoms with E-state index in [0.29, 0.717) is 4.47 Å². The highest BCUT2D eigenvalue weighted by Gasteiger charge is 2.23. The van der Waals surface area contributed by atoms with Gasteiger partial charge in [0.1, 0.15) is 10.7 Å². The van der Waals surface area contributed by atoms with E-state index in [2.05, 4.69) is 25.6 Å². The van der Waals surface area contributed by atoms with Crippen LogP contribution in [0.4, 0.5) is 15.9 Å². The Morgan fingerprint density at radius 2 is 2.00 bits per heavy atom. The fourth-order valence-electron chi connectivity index (χ4n) is 1.45. The summed E-state index contributed by atoms with van der Waals surface area (Å²) in [7, 11) is -4.14. The first-order valence-electron chi connectivity index (χ1n) is 5.09. The highest BCUT2D eigenvalue weighted by molar-refractivity contribution is 9.10. The van der Waals surface area contributed by atoms with Crippen molar-refractivity contribution in [3.8, 4) is 0 Å². The number of nitrogen functional groups attached to an aromatic ring is 1. The van der Waals surface area contributed by atoms with Gasteiger partial charge >= 0.3 is 0 Å². The number of benzene rings is 1. The summed E-state index contributed by atoms with van der Waals surface area (Å²) in [6.45, 7) is 0. The van der Waals surface area contributed by atoms with Gasteiger partial charge in [-0.05, 0) is 40.2 Å². The molecule has 3 N–H and O–H groups in total. The average Bonchev–Trinajstić information content (AvgIpc) is 2.31. The van der Waals surface area contributed by atoms with E-state index in [1.807, 2.05) is 0 Å². The highest BCUT2D eigenvalue weighted by Crippen LogP contribution is 2.26. The van der Waals surface area contributed by atoms with Crippen molar-refractivity contribution in [1.82, 2.24) is 4.98 Å². The monoisotopic (exact) mass is 345 g/mol. The highest BCUT2D eigenvalue weighted by atomic mass is 79.9. The van der Waals surface area contributed by atoms with Crippen LogP contribution in [-0.4, -0.2) is 13.4 Å². The van der Waals surface area contributed by atoms with E-state index in [1.54, 1.807) is 12.1 Å². The fraction of sp³-hybridized carbons (Fsp3) is 0. The van der Waals surface area contributed by atoms with Crippen LogP contribution in [0.2, 0.25) is 0 Å². The molecule has 0 radical (unpaired) electrons. The Labute approximate surface area is 117 Å². The average molecular weight is 346 g/mol. The molecule has 0 atom stereocenters. The maximum absolute atomic E-state index is 13.6. The minimum Gasteiger partial charge on any atom is -0.398 e. The van der Waals surface area contributed by atoms with Crippen LogP contribution in [0.15, 0.2) is 45.9 Å². The molecule has 100 valence electrons. The molecule has 0 amide bonds. The Kier molecular flexibility index (Phi) is 3.72. The van der Waals surface area contributed by atoms with Crippen molar-refractivity contribution in [2.24, 2.45) is 0 Å². The number of sulfonamides is 1. The van der Waals surface area contributed by atoms with Crippen molar-refractivity contribution in [2.75, 3.05) is 10.5 Å². The zero-order valence-electron chi connectivity index (χ0n) is 9.47. The molecule has 0 fully saturated rings. The number of hydrogen-bond acceptors (Lipinski definition) is 4. The Hall–Kier alpha value is -1.67. The van der Waals surface area contributed by atoms with E-state index in [1.165, 1.54) is 18.3 Å². The molecule has 2 aromatic rings. The van der Waals surface area contributed by atoms with Crippen molar-refractivity contribution in [2.45, 2.75) is 4.90 Å². The second-order valence-corrected chi connectivity index (χ2v) is 6.07. The number of aromatic nitrogens is 1. The van der Waals surface area contributed by atoms with Gasteiger partial charge in [-0.3, -0.25) is 4.72 Å². The van der Waals surface area contributed by atoms with Gasteiger partial charge in [-0.15, -0.1) is 0 Å². The molecule has 0 aliphatic rings. The van der Waals surface area contributed by atoms with Crippen LogP contribution in [0.3, 0.4) is 0 Å². The number of halogens is 2. The van der Waals surface area contributed by atoms with Gasteiger partial charge in [0.15, 0.2) is 5.82 Å². The lowest BCUT2D eigenvalue weighted by atomic mass is 10.3. The first kappa shape index (κ1) is 13.8. The smallest absolute Gasteiger partial charge is 0.268 e. The minimum absolute atomic E-state index is 0.0603. The van der Waals surface area contributed by atoms with Crippen LogP contribution in [0.5, 0.6) is 0 Å². The number of hydrogen-bond donors (Lipinski definition) is 2. The summed E-state index contributed by atoms with van der Waals surface area (Å²) in [6.07, 6.45) is 1.41. The second kappa shape index (κ2) is 5.14. The Bertz CT molecular complexity index is 701. The third-order valence-corrected chi connectivity index (χ3v) is 4.33. The molecule has 0 saturated heterocycles. The van der Waals surface area contributed by atoms with E-state index >= 15 is 0 Å². The maximum atomic E-state index is 13.6.